The molecular weight excluding hydrogens is 572 g/mol. The first kappa shape index (κ1) is 33.2. The van der Waals surface area contributed by atoms with Gasteiger partial charge in [0.05, 0.1) is 5.69 Å². The van der Waals surface area contributed by atoms with Crippen LogP contribution in [0.5, 0.6) is 0 Å². The summed E-state index contributed by atoms with van der Waals surface area (Å²) < 4.78 is 29.7. The van der Waals surface area contributed by atoms with Crippen molar-refractivity contribution in [3.63, 3.8) is 0 Å². The molecule has 3 aromatic carbocycles. The van der Waals surface area contributed by atoms with E-state index < -0.39 is 28.7 Å². The van der Waals surface area contributed by atoms with Crippen LogP contribution in [0.4, 0.5) is 5.69 Å². The van der Waals surface area contributed by atoms with Gasteiger partial charge < -0.3 is 10.2 Å². The highest BCUT2D eigenvalue weighted by Gasteiger charge is 2.36. The lowest BCUT2D eigenvalue weighted by Gasteiger charge is -2.36. The van der Waals surface area contributed by atoms with Crippen LogP contribution >= 0.6 is 0 Å². The Morgan fingerprint density at radius 2 is 1.52 bits per heavy atom. The largest absolute Gasteiger partial charge is 0.352 e. The van der Waals surface area contributed by atoms with E-state index in [4.69, 9.17) is 0 Å². The van der Waals surface area contributed by atoms with E-state index >= 15 is 0 Å². The molecule has 1 atom stereocenters. The third kappa shape index (κ3) is 8.27. The number of aryl methyl sites for hydroxylation is 3. The summed E-state index contributed by atoms with van der Waals surface area (Å²) in [6.07, 6.45) is 5.42. The molecule has 0 bridgehead atoms. The SMILES string of the molecule is Cc1ccc(C)c(N(CC(=O)N(Cc2ccccc2C)[C@@H](Cc2ccccc2)C(=O)NC2CCCCC2)S(=O)(=O)N(C)C)c1. The Labute approximate surface area is 263 Å². The summed E-state index contributed by atoms with van der Waals surface area (Å²) in [7, 11) is -1.14. The predicted molar refractivity (Wildman–Crippen MR) is 177 cm³/mol. The highest BCUT2D eigenvalue weighted by Crippen LogP contribution is 2.27. The molecular formula is C35H46N4O4S. The maximum atomic E-state index is 14.6. The average molecular weight is 619 g/mol. The molecule has 1 N–H and O–H groups in total. The Kier molecular flexibility index (Phi) is 11.2. The lowest BCUT2D eigenvalue weighted by atomic mass is 9.94. The molecule has 3 aromatic rings. The molecule has 0 radical (unpaired) electrons. The summed E-state index contributed by atoms with van der Waals surface area (Å²) in [4.78, 5) is 30.3. The number of amides is 2. The van der Waals surface area contributed by atoms with Gasteiger partial charge in [0.1, 0.15) is 12.6 Å². The van der Waals surface area contributed by atoms with Gasteiger partial charge in [-0.05, 0) is 67.5 Å². The summed E-state index contributed by atoms with van der Waals surface area (Å²) in [5.74, 6) is -0.657. The van der Waals surface area contributed by atoms with Crippen LogP contribution in [-0.4, -0.2) is 62.2 Å². The quantitative estimate of drug-likeness (QED) is 0.298. The van der Waals surface area contributed by atoms with E-state index in [0.717, 1.165) is 64.2 Å². The second-order valence-electron chi connectivity index (χ2n) is 12.1. The summed E-state index contributed by atoms with van der Waals surface area (Å²) in [5.41, 5.74) is 4.86. The highest BCUT2D eigenvalue weighted by molar-refractivity contribution is 7.90. The first-order valence-electron chi connectivity index (χ1n) is 15.4. The van der Waals surface area contributed by atoms with Gasteiger partial charge in [0, 0.05) is 33.1 Å². The molecule has 0 aromatic heterocycles. The lowest BCUT2D eigenvalue weighted by molar-refractivity contribution is -0.140. The fourth-order valence-corrected chi connectivity index (χ4v) is 6.87. The van der Waals surface area contributed by atoms with E-state index in [-0.39, 0.29) is 18.5 Å². The van der Waals surface area contributed by atoms with Crippen LogP contribution in [0.25, 0.3) is 0 Å². The van der Waals surface area contributed by atoms with Crippen molar-refractivity contribution in [1.82, 2.24) is 14.5 Å². The summed E-state index contributed by atoms with van der Waals surface area (Å²) in [6, 6.07) is 22.2. The third-order valence-electron chi connectivity index (χ3n) is 8.48. The van der Waals surface area contributed by atoms with E-state index in [2.05, 4.69) is 5.32 Å². The van der Waals surface area contributed by atoms with Crippen molar-refractivity contribution in [2.75, 3.05) is 24.9 Å². The zero-order chi connectivity index (χ0) is 31.9. The van der Waals surface area contributed by atoms with Crippen molar-refractivity contribution in [3.05, 3.63) is 101 Å². The molecule has 4 rings (SSSR count). The molecule has 2 amide bonds. The minimum absolute atomic E-state index is 0.0606. The van der Waals surface area contributed by atoms with Gasteiger partial charge in [0.2, 0.25) is 11.8 Å². The Balaban J connectivity index is 1.78. The number of rotatable bonds is 12. The fraction of sp³-hybridized carbons (Fsp3) is 0.429. The third-order valence-corrected chi connectivity index (χ3v) is 10.3. The van der Waals surface area contributed by atoms with Crippen molar-refractivity contribution in [2.45, 2.75) is 77.9 Å². The van der Waals surface area contributed by atoms with Gasteiger partial charge in [-0.3, -0.25) is 9.59 Å². The lowest BCUT2D eigenvalue weighted by Crippen LogP contribution is -2.55. The van der Waals surface area contributed by atoms with Crippen molar-refractivity contribution in [2.24, 2.45) is 0 Å². The molecule has 0 unspecified atom stereocenters. The van der Waals surface area contributed by atoms with Gasteiger partial charge in [-0.2, -0.15) is 12.7 Å². The Morgan fingerprint density at radius 3 is 2.18 bits per heavy atom. The number of nitrogens with one attached hydrogen (secondary N) is 1. The molecule has 0 aliphatic heterocycles. The number of anilines is 1. The maximum Gasteiger partial charge on any atom is 0.304 e. The molecule has 236 valence electrons. The number of carbonyl (C=O) groups excluding carboxylic acids is 2. The topological polar surface area (TPSA) is 90.0 Å². The molecule has 9 heteroatoms. The van der Waals surface area contributed by atoms with Crippen LogP contribution in [0.2, 0.25) is 0 Å². The standard InChI is InChI=1S/C35H46N4O4S/c1-26-20-21-28(3)32(22-26)39(44(42,43)37(4)5)25-34(40)38(24-30-17-13-12-14-27(30)2)33(23-29-15-8-6-9-16-29)35(41)36-31-18-10-7-11-19-31/h6,8-9,12-17,20-22,31,33H,7,10-11,18-19,23-25H2,1-5H3,(H,36,41)/t33-/m0/s1. The van der Waals surface area contributed by atoms with Crippen LogP contribution in [-0.2, 0) is 32.8 Å². The van der Waals surface area contributed by atoms with Crippen LogP contribution in [0, 0.1) is 20.8 Å². The van der Waals surface area contributed by atoms with E-state index in [1.807, 2.05) is 87.5 Å². The van der Waals surface area contributed by atoms with Gasteiger partial charge in [-0.1, -0.05) is 86.0 Å². The number of hydrogen-bond donors (Lipinski definition) is 1. The minimum atomic E-state index is -4.05. The Morgan fingerprint density at radius 1 is 0.864 bits per heavy atom. The first-order chi connectivity index (χ1) is 21.0. The molecule has 0 spiro atoms. The molecule has 1 fully saturated rings. The van der Waals surface area contributed by atoms with Crippen molar-refractivity contribution >= 4 is 27.7 Å². The number of hydrogen-bond acceptors (Lipinski definition) is 4. The van der Waals surface area contributed by atoms with Gasteiger partial charge in [-0.15, -0.1) is 0 Å². The molecule has 8 nitrogen and oxygen atoms in total. The normalized spacial score (nSPS) is 14.7. The second kappa shape index (κ2) is 14.9. The zero-order valence-corrected chi connectivity index (χ0v) is 27.4. The summed E-state index contributed by atoms with van der Waals surface area (Å²) >= 11 is 0. The van der Waals surface area contributed by atoms with Gasteiger partial charge in [-0.25, -0.2) is 4.31 Å². The Hall–Kier alpha value is -3.69. The molecule has 1 aliphatic carbocycles. The number of benzene rings is 3. The van der Waals surface area contributed by atoms with E-state index in [9.17, 15) is 18.0 Å². The Bertz CT molecular complexity index is 1540. The van der Waals surface area contributed by atoms with Crippen LogP contribution in [0.1, 0.15) is 59.9 Å². The fourth-order valence-electron chi connectivity index (χ4n) is 5.76. The van der Waals surface area contributed by atoms with Crippen molar-refractivity contribution < 1.29 is 18.0 Å². The van der Waals surface area contributed by atoms with Crippen LogP contribution in [0.15, 0.2) is 72.8 Å². The summed E-state index contributed by atoms with van der Waals surface area (Å²) in [6.45, 7) is 5.42. The predicted octanol–water partition coefficient (Wildman–Crippen LogP) is 5.31. The molecule has 0 saturated heterocycles. The van der Waals surface area contributed by atoms with Gasteiger partial charge in [0.15, 0.2) is 0 Å². The minimum Gasteiger partial charge on any atom is -0.352 e. The summed E-state index contributed by atoms with van der Waals surface area (Å²) in [5, 5.41) is 3.25. The van der Waals surface area contributed by atoms with Crippen LogP contribution in [0.3, 0.4) is 0 Å². The second-order valence-corrected chi connectivity index (χ2v) is 14.2. The van der Waals surface area contributed by atoms with Crippen LogP contribution < -0.4 is 9.62 Å². The van der Waals surface area contributed by atoms with E-state index in [0.29, 0.717) is 12.1 Å². The van der Waals surface area contributed by atoms with Gasteiger partial charge >= 0.3 is 10.2 Å². The molecule has 44 heavy (non-hydrogen) atoms. The van der Waals surface area contributed by atoms with E-state index in [1.165, 1.54) is 18.4 Å². The maximum absolute atomic E-state index is 14.6. The molecule has 1 saturated carbocycles. The first-order valence-corrected chi connectivity index (χ1v) is 16.8. The average Bonchev–Trinajstić information content (AvgIpc) is 3.00. The van der Waals surface area contributed by atoms with Crippen molar-refractivity contribution in [3.8, 4) is 0 Å². The smallest absolute Gasteiger partial charge is 0.304 e. The van der Waals surface area contributed by atoms with Crippen molar-refractivity contribution in [1.29, 1.82) is 0 Å². The zero-order valence-electron chi connectivity index (χ0n) is 26.6. The molecule has 0 heterocycles. The monoisotopic (exact) mass is 618 g/mol. The van der Waals surface area contributed by atoms with Gasteiger partial charge in [0.25, 0.3) is 0 Å². The number of nitrogens with zero attached hydrogens (tertiary/aromatic N) is 3. The highest BCUT2D eigenvalue weighted by atomic mass is 32.2. The van der Waals surface area contributed by atoms with E-state index in [1.54, 1.807) is 11.0 Å². The number of carbonyl (C=O) groups is 2. The molecule has 1 aliphatic rings.